The van der Waals surface area contributed by atoms with E-state index in [2.05, 4.69) is 55.0 Å². The predicted molar refractivity (Wildman–Crippen MR) is 140 cm³/mol. The fourth-order valence-electron chi connectivity index (χ4n) is 11.9. The molecule has 0 aromatic carbocycles. The van der Waals surface area contributed by atoms with E-state index in [9.17, 15) is 4.79 Å². The van der Waals surface area contributed by atoms with Gasteiger partial charge in [-0.1, -0.05) is 53.7 Å². The maximum absolute atomic E-state index is 11.9. The van der Waals surface area contributed by atoms with Crippen molar-refractivity contribution >= 4 is 5.97 Å². The number of esters is 1. The third-order valence-corrected chi connectivity index (χ3v) is 13.7. The van der Waals surface area contributed by atoms with Crippen molar-refractivity contribution in [2.45, 2.75) is 126 Å². The van der Waals surface area contributed by atoms with Gasteiger partial charge in [-0.15, -0.1) is 0 Å². The number of carbonyl (C=O) groups excluding carboxylic acids is 1. The number of allylic oxidation sites excluding steroid dienone is 1. The second-order valence-corrected chi connectivity index (χ2v) is 15.3. The van der Waals surface area contributed by atoms with Crippen LogP contribution in [0.4, 0.5) is 0 Å². The largest absolute Gasteiger partial charge is 0.462 e. The smallest absolute Gasteiger partial charge is 0.302 e. The molecule has 0 amide bonds. The summed E-state index contributed by atoms with van der Waals surface area (Å²) < 4.78 is 5.91. The fourth-order valence-corrected chi connectivity index (χ4v) is 11.9. The van der Waals surface area contributed by atoms with Crippen LogP contribution in [0.5, 0.6) is 0 Å². The first-order valence-electron chi connectivity index (χ1n) is 14.5. The van der Waals surface area contributed by atoms with E-state index in [1.54, 1.807) is 6.92 Å². The third kappa shape index (κ3) is 3.08. The predicted octanol–water partition coefficient (Wildman–Crippen LogP) is 8.60. The van der Waals surface area contributed by atoms with Crippen LogP contribution < -0.4 is 0 Å². The summed E-state index contributed by atoms with van der Waals surface area (Å²) in [6.07, 6.45) is 13.4. The molecule has 5 saturated carbocycles. The number of rotatable bonds is 2. The van der Waals surface area contributed by atoms with Gasteiger partial charge in [-0.25, -0.2) is 0 Å². The van der Waals surface area contributed by atoms with Crippen molar-refractivity contribution in [1.82, 2.24) is 0 Å². The topological polar surface area (TPSA) is 26.3 Å². The van der Waals surface area contributed by atoms with Gasteiger partial charge in [0.25, 0.3) is 0 Å². The summed E-state index contributed by atoms with van der Waals surface area (Å²) in [7, 11) is 0. The molecule has 0 N–H and O–H groups in total. The van der Waals surface area contributed by atoms with Crippen molar-refractivity contribution in [3.63, 3.8) is 0 Å². The van der Waals surface area contributed by atoms with Crippen molar-refractivity contribution in [3.05, 3.63) is 12.2 Å². The van der Waals surface area contributed by atoms with E-state index in [-0.39, 0.29) is 17.5 Å². The lowest BCUT2D eigenvalue weighted by Crippen LogP contribution is -2.66. The van der Waals surface area contributed by atoms with E-state index >= 15 is 0 Å². The quantitative estimate of drug-likeness (QED) is 0.299. The second-order valence-electron chi connectivity index (χ2n) is 15.3. The number of ether oxygens (including phenoxy) is 1. The molecule has 5 fully saturated rings. The zero-order valence-electron chi connectivity index (χ0n) is 23.6. The Kier molecular flexibility index (Phi) is 5.57. The van der Waals surface area contributed by atoms with Gasteiger partial charge in [0, 0.05) is 12.3 Å². The van der Waals surface area contributed by atoms with Gasteiger partial charge in [0.2, 0.25) is 0 Å². The highest BCUT2D eigenvalue weighted by Crippen LogP contribution is 2.77. The van der Waals surface area contributed by atoms with E-state index < -0.39 is 0 Å². The van der Waals surface area contributed by atoms with Crippen molar-refractivity contribution in [3.8, 4) is 0 Å². The van der Waals surface area contributed by atoms with Gasteiger partial charge in [-0.05, 0) is 122 Å². The molecule has 2 nitrogen and oxygen atoms in total. The number of hydrogen-bond acceptors (Lipinski definition) is 2. The molecule has 5 rings (SSSR count). The Morgan fingerprint density at radius 2 is 1.47 bits per heavy atom. The SMILES string of the molecule is C=C(C)[C@@H]1CC[C@@]2(C)CC[C@]3(C)[C@@H](CC[C@@H]4[C@@]5(C)CC[C@H](OC(C)=O)C(C)(C)[C@@H]5CC[C@]43C)[C@@H]12. The Morgan fingerprint density at radius 1 is 0.765 bits per heavy atom. The second kappa shape index (κ2) is 7.61. The first-order chi connectivity index (χ1) is 15.7. The van der Waals surface area contributed by atoms with Crippen molar-refractivity contribution in [2.75, 3.05) is 0 Å². The minimum Gasteiger partial charge on any atom is -0.462 e. The summed E-state index contributed by atoms with van der Waals surface area (Å²) in [5, 5.41) is 0. The molecule has 10 atom stereocenters. The molecule has 2 heteroatoms. The van der Waals surface area contributed by atoms with Gasteiger partial charge in [-0.3, -0.25) is 4.79 Å². The molecular formula is C32H52O2. The highest BCUT2D eigenvalue weighted by atomic mass is 16.5. The molecule has 34 heavy (non-hydrogen) atoms. The van der Waals surface area contributed by atoms with Gasteiger partial charge >= 0.3 is 5.97 Å². The molecule has 0 saturated heterocycles. The van der Waals surface area contributed by atoms with E-state index in [4.69, 9.17) is 4.74 Å². The van der Waals surface area contributed by atoms with E-state index in [1.807, 2.05) is 0 Å². The Balaban J connectivity index is 1.50. The van der Waals surface area contributed by atoms with Crippen LogP contribution in [0.2, 0.25) is 0 Å². The van der Waals surface area contributed by atoms with Gasteiger partial charge in [0.15, 0.2) is 0 Å². The molecule has 5 aliphatic carbocycles. The Labute approximate surface area is 210 Å². The highest BCUT2D eigenvalue weighted by Gasteiger charge is 2.70. The Morgan fingerprint density at radius 3 is 2.12 bits per heavy atom. The minimum atomic E-state index is -0.107. The molecule has 0 spiro atoms. The standard InChI is InChI=1S/C32H52O2/c1-20(2)22-12-15-29(6)18-19-31(8)23(27(22)29)10-11-25-30(7)16-14-26(34-21(3)33)28(4,5)24(30)13-17-32(25,31)9/h22-27H,1,10-19H2,2-9H3/t22-,23-,24-,25+,26-,27+,29-,30-,31+,32+/m0/s1. The third-order valence-electron chi connectivity index (χ3n) is 13.7. The van der Waals surface area contributed by atoms with Crippen LogP contribution in [-0.2, 0) is 9.53 Å². The molecule has 0 aliphatic heterocycles. The maximum atomic E-state index is 11.9. The van der Waals surface area contributed by atoms with Crippen molar-refractivity contribution in [2.24, 2.45) is 56.7 Å². The first-order valence-corrected chi connectivity index (χ1v) is 14.5. The lowest BCUT2D eigenvalue weighted by molar-refractivity contribution is -0.248. The minimum absolute atomic E-state index is 0.0550. The van der Waals surface area contributed by atoms with E-state index in [0.717, 1.165) is 30.1 Å². The van der Waals surface area contributed by atoms with E-state index in [0.29, 0.717) is 27.6 Å². The zero-order valence-corrected chi connectivity index (χ0v) is 23.6. The van der Waals surface area contributed by atoms with Gasteiger partial charge in [0.1, 0.15) is 6.10 Å². The molecule has 0 heterocycles. The summed E-state index contributed by atoms with van der Waals surface area (Å²) in [5.74, 6) is 3.74. The molecule has 0 aromatic heterocycles. The van der Waals surface area contributed by atoms with Crippen LogP contribution in [0.1, 0.15) is 120 Å². The normalized spacial score (nSPS) is 53.6. The van der Waals surface area contributed by atoms with Crippen LogP contribution in [0.15, 0.2) is 12.2 Å². The lowest BCUT2D eigenvalue weighted by Gasteiger charge is -2.73. The Hall–Kier alpha value is -0.790. The average molecular weight is 469 g/mol. The number of fused-ring (bicyclic) bond motifs is 7. The molecule has 0 radical (unpaired) electrons. The van der Waals surface area contributed by atoms with Crippen molar-refractivity contribution in [1.29, 1.82) is 0 Å². The molecule has 0 unspecified atom stereocenters. The van der Waals surface area contributed by atoms with Gasteiger partial charge < -0.3 is 4.74 Å². The van der Waals surface area contributed by atoms with Crippen LogP contribution >= 0.6 is 0 Å². The summed E-state index contributed by atoms with van der Waals surface area (Å²) in [6.45, 7) is 23.9. The summed E-state index contributed by atoms with van der Waals surface area (Å²) in [4.78, 5) is 11.9. The van der Waals surface area contributed by atoms with Crippen molar-refractivity contribution < 1.29 is 9.53 Å². The average Bonchev–Trinajstić information content (AvgIpc) is 3.08. The fraction of sp³-hybridized carbons (Fsp3) is 0.906. The lowest BCUT2D eigenvalue weighted by atomic mass is 9.32. The van der Waals surface area contributed by atoms with E-state index in [1.165, 1.54) is 63.4 Å². The molecule has 192 valence electrons. The number of hydrogen-bond donors (Lipinski definition) is 0. The maximum Gasteiger partial charge on any atom is 0.302 e. The van der Waals surface area contributed by atoms with Crippen LogP contribution in [0.3, 0.4) is 0 Å². The molecular weight excluding hydrogens is 416 g/mol. The Bertz CT molecular complexity index is 872. The summed E-state index contributed by atoms with van der Waals surface area (Å²) in [5.41, 5.74) is 3.23. The van der Waals surface area contributed by atoms with Crippen LogP contribution in [0, 0.1) is 56.7 Å². The molecule has 0 aromatic rings. The van der Waals surface area contributed by atoms with Gasteiger partial charge in [-0.2, -0.15) is 0 Å². The summed E-state index contributed by atoms with van der Waals surface area (Å²) >= 11 is 0. The zero-order chi connectivity index (χ0) is 24.9. The summed E-state index contributed by atoms with van der Waals surface area (Å²) in [6, 6.07) is 0. The molecule has 0 bridgehead atoms. The van der Waals surface area contributed by atoms with Crippen LogP contribution in [-0.4, -0.2) is 12.1 Å². The highest BCUT2D eigenvalue weighted by molar-refractivity contribution is 5.66. The number of carbonyl (C=O) groups is 1. The van der Waals surface area contributed by atoms with Crippen LogP contribution in [0.25, 0.3) is 0 Å². The first kappa shape index (κ1) is 24.9. The molecule has 5 aliphatic rings. The van der Waals surface area contributed by atoms with Gasteiger partial charge in [0.05, 0.1) is 0 Å². The monoisotopic (exact) mass is 468 g/mol.